The fourth-order valence-corrected chi connectivity index (χ4v) is 4.24. The molecular formula is C25H23ClN4O3. The lowest BCUT2D eigenvalue weighted by Gasteiger charge is -2.31. The van der Waals surface area contributed by atoms with Crippen molar-refractivity contribution < 1.29 is 13.9 Å². The molecule has 4 aromatic rings. The summed E-state index contributed by atoms with van der Waals surface area (Å²) < 4.78 is 11.8. The first-order valence-electron chi connectivity index (χ1n) is 10.9. The zero-order chi connectivity index (χ0) is 22.6. The number of ether oxygens (including phenoxy) is 1. The number of oxazole rings is 1. The Hall–Kier alpha value is -3.45. The highest BCUT2D eigenvalue weighted by molar-refractivity contribution is 6.30. The quantitative estimate of drug-likeness (QED) is 0.415. The molecule has 0 radical (unpaired) electrons. The second kappa shape index (κ2) is 9.58. The maximum absolute atomic E-state index is 12.9. The molecule has 0 spiro atoms. The molecule has 1 unspecified atom stereocenters. The number of fused-ring (bicyclic) bond motifs is 1. The second-order valence-corrected chi connectivity index (χ2v) is 8.57. The van der Waals surface area contributed by atoms with Crippen LogP contribution in [0.15, 0.2) is 65.5 Å². The smallest absolute Gasteiger partial charge is 0.260 e. The third-order valence-electron chi connectivity index (χ3n) is 5.83. The van der Waals surface area contributed by atoms with Crippen LogP contribution in [0.4, 0.5) is 0 Å². The molecule has 0 aliphatic carbocycles. The summed E-state index contributed by atoms with van der Waals surface area (Å²) in [5.41, 5.74) is 1.89. The van der Waals surface area contributed by atoms with Gasteiger partial charge >= 0.3 is 0 Å². The zero-order valence-corrected chi connectivity index (χ0v) is 18.7. The first kappa shape index (κ1) is 21.4. The van der Waals surface area contributed by atoms with E-state index in [9.17, 15) is 4.79 Å². The van der Waals surface area contributed by atoms with Crippen LogP contribution < -0.4 is 4.74 Å². The van der Waals surface area contributed by atoms with Gasteiger partial charge in [-0.1, -0.05) is 35.9 Å². The number of amides is 1. The number of likely N-dealkylation sites (tertiary alicyclic amines) is 1. The van der Waals surface area contributed by atoms with Gasteiger partial charge in [0.1, 0.15) is 12.1 Å². The second-order valence-electron chi connectivity index (χ2n) is 8.13. The largest absolute Gasteiger partial charge is 0.467 e. The molecule has 0 bridgehead atoms. The average molecular weight is 463 g/mol. The molecule has 0 saturated carbocycles. The lowest BCUT2D eigenvalue weighted by molar-refractivity contribution is -0.134. The Morgan fingerprint density at radius 2 is 1.97 bits per heavy atom. The molecule has 7 nitrogen and oxygen atoms in total. The number of aromatic nitrogens is 3. The van der Waals surface area contributed by atoms with E-state index in [0.717, 1.165) is 35.1 Å². The lowest BCUT2D eigenvalue weighted by Crippen LogP contribution is -2.41. The summed E-state index contributed by atoms with van der Waals surface area (Å²) in [6.07, 6.45) is 5.70. The number of carbonyl (C=O) groups is 1. The van der Waals surface area contributed by atoms with E-state index >= 15 is 0 Å². The Balaban J connectivity index is 1.20. The highest BCUT2D eigenvalue weighted by Crippen LogP contribution is 2.28. The third-order valence-corrected chi connectivity index (χ3v) is 6.08. The molecule has 2 aromatic heterocycles. The fourth-order valence-electron chi connectivity index (χ4n) is 4.12. The molecule has 0 N–H and O–H groups in total. The van der Waals surface area contributed by atoms with Gasteiger partial charge in [-0.3, -0.25) is 4.79 Å². The van der Waals surface area contributed by atoms with Crippen LogP contribution in [-0.4, -0.2) is 45.5 Å². The number of halogens is 1. The minimum Gasteiger partial charge on any atom is -0.467 e. The summed E-state index contributed by atoms with van der Waals surface area (Å²) in [5.74, 6) is 1.90. The van der Waals surface area contributed by atoms with Crippen LogP contribution in [0, 0.1) is 0 Å². The van der Waals surface area contributed by atoms with Crippen molar-refractivity contribution in [3.8, 4) is 5.88 Å². The molecule has 8 heteroatoms. The summed E-state index contributed by atoms with van der Waals surface area (Å²) in [5, 5.41) is 1.50. The van der Waals surface area contributed by atoms with Gasteiger partial charge in [-0.25, -0.2) is 15.0 Å². The van der Waals surface area contributed by atoms with Crippen molar-refractivity contribution in [2.45, 2.75) is 25.2 Å². The molecule has 1 aliphatic heterocycles. The van der Waals surface area contributed by atoms with Gasteiger partial charge in [-0.15, -0.1) is 0 Å². The Labute approximate surface area is 196 Å². The number of para-hydroxylation sites is 1. The first-order chi connectivity index (χ1) is 16.2. The first-order valence-corrected chi connectivity index (χ1v) is 11.3. The Kier molecular flexibility index (Phi) is 6.21. The molecule has 1 amide bonds. The Morgan fingerprint density at radius 1 is 1.12 bits per heavy atom. The molecule has 5 rings (SSSR count). The maximum Gasteiger partial charge on any atom is 0.260 e. The predicted octanol–water partition coefficient (Wildman–Crippen LogP) is 4.65. The van der Waals surface area contributed by atoms with Gasteiger partial charge in [0.2, 0.25) is 5.88 Å². The van der Waals surface area contributed by atoms with Crippen LogP contribution in [0.3, 0.4) is 0 Å². The van der Waals surface area contributed by atoms with Gasteiger partial charge in [-0.2, -0.15) is 0 Å². The molecular weight excluding hydrogens is 440 g/mol. The van der Waals surface area contributed by atoms with Crippen molar-refractivity contribution in [3.63, 3.8) is 0 Å². The number of carbonyl (C=O) groups excluding carboxylic acids is 1. The van der Waals surface area contributed by atoms with Crippen LogP contribution in [0.5, 0.6) is 5.88 Å². The van der Waals surface area contributed by atoms with Crippen LogP contribution in [-0.2, 0) is 11.2 Å². The van der Waals surface area contributed by atoms with Crippen LogP contribution in [0.1, 0.15) is 36.0 Å². The van der Waals surface area contributed by atoms with E-state index in [2.05, 4.69) is 15.0 Å². The van der Waals surface area contributed by atoms with E-state index in [1.807, 2.05) is 53.4 Å². The zero-order valence-electron chi connectivity index (χ0n) is 18.0. The van der Waals surface area contributed by atoms with Crippen molar-refractivity contribution in [2.75, 3.05) is 19.7 Å². The summed E-state index contributed by atoms with van der Waals surface area (Å²) in [6.45, 7) is 1.19. The van der Waals surface area contributed by atoms with Crippen LogP contribution >= 0.6 is 11.6 Å². The van der Waals surface area contributed by atoms with Crippen molar-refractivity contribution in [1.82, 2.24) is 19.9 Å². The topological polar surface area (TPSA) is 81.4 Å². The van der Waals surface area contributed by atoms with Crippen molar-refractivity contribution in [3.05, 3.63) is 83.3 Å². The van der Waals surface area contributed by atoms with E-state index < -0.39 is 0 Å². The van der Waals surface area contributed by atoms with Crippen molar-refractivity contribution >= 4 is 28.4 Å². The van der Waals surface area contributed by atoms with Gasteiger partial charge in [-0.05, 0) is 42.7 Å². The molecule has 2 aromatic carbocycles. The molecule has 3 heterocycles. The predicted molar refractivity (Wildman–Crippen MR) is 124 cm³/mol. The Morgan fingerprint density at radius 3 is 2.85 bits per heavy atom. The van der Waals surface area contributed by atoms with E-state index in [4.69, 9.17) is 20.8 Å². The van der Waals surface area contributed by atoms with Gasteiger partial charge in [0.15, 0.2) is 12.5 Å². The summed E-state index contributed by atoms with van der Waals surface area (Å²) in [7, 11) is 0. The standard InChI is InChI=1S/C25H23ClN4O3/c26-19-9-7-17(8-10-19)12-20-13-27-24(33-20)18-4-3-11-30(14-18)23(31)15-32-25-21-5-1-2-6-22(21)28-16-29-25/h1-2,5-10,13,16,18H,3-4,11-12,14-15H2. The average Bonchev–Trinajstić information content (AvgIpc) is 3.32. The van der Waals surface area contributed by atoms with Crippen molar-refractivity contribution in [1.29, 1.82) is 0 Å². The van der Waals surface area contributed by atoms with Crippen LogP contribution in [0.2, 0.25) is 5.02 Å². The highest BCUT2D eigenvalue weighted by Gasteiger charge is 2.28. The molecule has 1 aliphatic rings. The minimum absolute atomic E-state index is 0.0683. The maximum atomic E-state index is 12.9. The van der Waals surface area contributed by atoms with Crippen molar-refractivity contribution in [2.24, 2.45) is 0 Å². The van der Waals surface area contributed by atoms with E-state index in [1.54, 1.807) is 6.20 Å². The van der Waals surface area contributed by atoms with Gasteiger partial charge < -0.3 is 14.1 Å². The number of hydrogen-bond donors (Lipinski definition) is 0. The summed E-state index contributed by atoms with van der Waals surface area (Å²) in [4.78, 5) is 27.6. The molecule has 168 valence electrons. The molecule has 1 fully saturated rings. The number of rotatable bonds is 6. The molecule has 1 saturated heterocycles. The highest BCUT2D eigenvalue weighted by atomic mass is 35.5. The SMILES string of the molecule is O=C(COc1ncnc2ccccc12)N1CCCC(c2ncc(Cc3ccc(Cl)cc3)o2)C1. The van der Waals surface area contributed by atoms with E-state index in [-0.39, 0.29) is 18.4 Å². The number of nitrogens with zero attached hydrogens (tertiary/aromatic N) is 4. The lowest BCUT2D eigenvalue weighted by atomic mass is 9.98. The third kappa shape index (κ3) is 4.98. The number of hydrogen-bond acceptors (Lipinski definition) is 6. The fraction of sp³-hybridized carbons (Fsp3) is 0.280. The van der Waals surface area contributed by atoms with Gasteiger partial charge in [0.05, 0.1) is 23.0 Å². The number of piperidine rings is 1. The van der Waals surface area contributed by atoms with Crippen LogP contribution in [0.25, 0.3) is 10.9 Å². The van der Waals surface area contributed by atoms with E-state index in [0.29, 0.717) is 36.3 Å². The monoisotopic (exact) mass is 462 g/mol. The number of benzene rings is 2. The van der Waals surface area contributed by atoms with Gasteiger partial charge in [0, 0.05) is 24.5 Å². The summed E-state index contributed by atoms with van der Waals surface area (Å²) in [6, 6.07) is 15.3. The summed E-state index contributed by atoms with van der Waals surface area (Å²) >= 11 is 5.96. The molecule has 33 heavy (non-hydrogen) atoms. The van der Waals surface area contributed by atoms with E-state index in [1.165, 1.54) is 6.33 Å². The minimum atomic E-state index is -0.0738. The molecule has 1 atom stereocenters. The Bertz CT molecular complexity index is 1250. The normalized spacial score (nSPS) is 16.2. The van der Waals surface area contributed by atoms with Gasteiger partial charge in [0.25, 0.3) is 5.91 Å².